The van der Waals surface area contributed by atoms with E-state index < -0.39 is 6.04 Å². The minimum atomic E-state index is -0.522. The molecule has 2 aromatic rings. The Balaban J connectivity index is 1.38. The summed E-state index contributed by atoms with van der Waals surface area (Å²) in [4.78, 5) is 39.9. The van der Waals surface area contributed by atoms with E-state index in [1.165, 1.54) is 12.5 Å². The van der Waals surface area contributed by atoms with Crippen molar-refractivity contribution in [2.75, 3.05) is 25.0 Å². The molecule has 9 heteroatoms. The first-order valence-electron chi connectivity index (χ1n) is 13.6. The van der Waals surface area contributed by atoms with Gasteiger partial charge in [-0.1, -0.05) is 19.3 Å². The lowest BCUT2D eigenvalue weighted by molar-refractivity contribution is -0.139. The summed E-state index contributed by atoms with van der Waals surface area (Å²) in [7, 11) is 1.75. The highest BCUT2D eigenvalue weighted by molar-refractivity contribution is 5.90. The molecule has 0 radical (unpaired) electrons. The van der Waals surface area contributed by atoms with Crippen molar-refractivity contribution >= 4 is 23.3 Å². The van der Waals surface area contributed by atoms with Crippen molar-refractivity contribution in [3.63, 3.8) is 0 Å². The van der Waals surface area contributed by atoms with Gasteiger partial charge in [-0.2, -0.15) is 0 Å². The second-order valence-corrected chi connectivity index (χ2v) is 10.6. The maximum absolute atomic E-state index is 14.0. The van der Waals surface area contributed by atoms with Gasteiger partial charge in [0.05, 0.1) is 17.8 Å². The van der Waals surface area contributed by atoms with Gasteiger partial charge in [0, 0.05) is 24.8 Å². The average Bonchev–Trinajstić information content (AvgIpc) is 3.58. The Labute approximate surface area is 218 Å². The van der Waals surface area contributed by atoms with Gasteiger partial charge in [-0.05, 0) is 75.8 Å². The van der Waals surface area contributed by atoms with E-state index >= 15 is 0 Å². The summed E-state index contributed by atoms with van der Waals surface area (Å²) >= 11 is 0. The fourth-order valence-corrected chi connectivity index (χ4v) is 6.07. The first-order valence-corrected chi connectivity index (χ1v) is 13.6. The minimum absolute atomic E-state index is 0.00629. The number of hydrogen-bond donors (Lipinski definition) is 2. The van der Waals surface area contributed by atoms with Gasteiger partial charge in [0.15, 0.2) is 0 Å². The van der Waals surface area contributed by atoms with Crippen LogP contribution in [0.4, 0.5) is 15.9 Å². The number of aromatic nitrogens is 2. The number of anilines is 2. The molecule has 3 aliphatic rings. The third kappa shape index (κ3) is 5.32. The largest absolute Gasteiger partial charge is 0.343 e. The minimum Gasteiger partial charge on any atom is -0.343 e. The first-order chi connectivity index (χ1) is 18.0. The summed E-state index contributed by atoms with van der Waals surface area (Å²) in [6, 6.07) is 5.78. The van der Waals surface area contributed by atoms with Gasteiger partial charge in [0.2, 0.25) is 11.8 Å². The number of likely N-dealkylation sites (tertiary alicyclic amines) is 1. The number of nitrogens with zero attached hydrogens (tertiary/aromatic N) is 4. The molecule has 2 amide bonds. The maximum Gasteiger partial charge on any atom is 0.246 e. The third-order valence-corrected chi connectivity index (χ3v) is 8.28. The van der Waals surface area contributed by atoms with Crippen molar-refractivity contribution in [1.29, 1.82) is 0 Å². The topological polar surface area (TPSA) is 90.5 Å². The van der Waals surface area contributed by atoms with E-state index in [2.05, 4.69) is 25.5 Å². The van der Waals surface area contributed by atoms with Crippen LogP contribution in [0.25, 0.3) is 0 Å². The molecule has 3 atom stereocenters. The van der Waals surface area contributed by atoms with Crippen molar-refractivity contribution in [2.45, 2.75) is 76.4 Å². The number of nitrogens with one attached hydrogen (secondary N) is 2. The van der Waals surface area contributed by atoms with E-state index in [9.17, 15) is 14.0 Å². The molecule has 2 fully saturated rings. The van der Waals surface area contributed by atoms with E-state index in [0.717, 1.165) is 74.3 Å². The molecular weight excluding hydrogens is 471 g/mol. The highest BCUT2D eigenvalue weighted by atomic mass is 19.1. The third-order valence-electron chi connectivity index (χ3n) is 8.28. The van der Waals surface area contributed by atoms with Gasteiger partial charge in [0.1, 0.15) is 24.0 Å². The van der Waals surface area contributed by atoms with Crippen LogP contribution in [0, 0.1) is 11.7 Å². The molecule has 0 bridgehead atoms. The molecule has 198 valence electrons. The van der Waals surface area contributed by atoms with Crippen molar-refractivity contribution in [3.8, 4) is 0 Å². The molecule has 2 N–H and O–H groups in total. The highest BCUT2D eigenvalue weighted by Gasteiger charge is 2.39. The van der Waals surface area contributed by atoms with Crippen LogP contribution in [0.5, 0.6) is 0 Å². The fraction of sp³-hybridized carbons (Fsp3) is 0.571. The lowest BCUT2D eigenvalue weighted by atomic mass is 9.83. The predicted molar refractivity (Wildman–Crippen MR) is 140 cm³/mol. The predicted octanol–water partition coefficient (Wildman–Crippen LogP) is 3.65. The zero-order valence-electron chi connectivity index (χ0n) is 21.8. The summed E-state index contributed by atoms with van der Waals surface area (Å²) in [5.74, 6) is 0.532. The van der Waals surface area contributed by atoms with Crippen LogP contribution in [-0.4, -0.2) is 58.9 Å². The van der Waals surface area contributed by atoms with Crippen molar-refractivity contribution in [3.05, 3.63) is 47.7 Å². The van der Waals surface area contributed by atoms with Crippen LogP contribution in [0.15, 0.2) is 30.6 Å². The Morgan fingerprint density at radius 1 is 1.05 bits per heavy atom. The molecule has 5 rings (SSSR count). The fourth-order valence-electron chi connectivity index (χ4n) is 6.07. The number of hydrogen-bond acceptors (Lipinski definition) is 6. The standard InChI is InChI=1S/C28H37FN6O2/c1-18(30-2)27(36)33-26(19-7-4-3-5-8-19)28(37)35-13-6-9-24(35)22-16-25(32-17-31-22)34-14-12-20-15-21(29)10-11-23(20)34/h10-11,15-19,24,26,30H,3-9,12-14H2,1-2H3,(H,33,36)/t18?,24?,26-/m0/s1. The summed E-state index contributed by atoms with van der Waals surface area (Å²) in [5, 5.41) is 6.07. The van der Waals surface area contributed by atoms with E-state index in [4.69, 9.17) is 0 Å². The summed E-state index contributed by atoms with van der Waals surface area (Å²) in [6.07, 6.45) is 9.29. The Hall–Kier alpha value is -3.07. The van der Waals surface area contributed by atoms with Crippen LogP contribution in [0.1, 0.15) is 69.2 Å². The Morgan fingerprint density at radius 3 is 2.65 bits per heavy atom. The quantitative estimate of drug-likeness (QED) is 0.594. The average molecular weight is 509 g/mol. The van der Waals surface area contributed by atoms with E-state index in [1.807, 2.05) is 17.9 Å². The lowest BCUT2D eigenvalue weighted by Gasteiger charge is -2.35. The molecule has 3 heterocycles. The Bertz CT molecular complexity index is 1140. The second kappa shape index (κ2) is 11.1. The van der Waals surface area contributed by atoms with E-state index in [0.29, 0.717) is 6.54 Å². The zero-order valence-corrected chi connectivity index (χ0v) is 21.8. The van der Waals surface area contributed by atoms with Crippen LogP contribution < -0.4 is 15.5 Å². The lowest BCUT2D eigenvalue weighted by Crippen LogP contribution is -2.55. The number of fused-ring (bicyclic) bond motifs is 1. The SMILES string of the molecule is CNC(C)C(=O)N[C@H](C(=O)N1CCCC1c1cc(N2CCc3cc(F)ccc32)ncn1)C1CCCCC1. The van der Waals surface area contributed by atoms with Gasteiger partial charge in [-0.25, -0.2) is 14.4 Å². The molecular formula is C28H37FN6O2. The van der Waals surface area contributed by atoms with Crippen molar-refractivity contribution in [1.82, 2.24) is 25.5 Å². The Kier molecular flexibility index (Phi) is 7.69. The first kappa shape index (κ1) is 25.6. The molecule has 8 nitrogen and oxygen atoms in total. The van der Waals surface area contributed by atoms with E-state index in [-0.39, 0.29) is 35.6 Å². The summed E-state index contributed by atoms with van der Waals surface area (Å²) in [5.41, 5.74) is 2.74. The van der Waals surface area contributed by atoms with Gasteiger partial charge < -0.3 is 20.4 Å². The highest BCUT2D eigenvalue weighted by Crippen LogP contribution is 2.38. The number of likely N-dealkylation sites (N-methyl/N-ethyl adjacent to an activating group) is 1. The maximum atomic E-state index is 14.0. The molecule has 1 saturated carbocycles. The van der Waals surface area contributed by atoms with Crippen LogP contribution in [0.3, 0.4) is 0 Å². The summed E-state index contributed by atoms with van der Waals surface area (Å²) in [6.45, 7) is 3.18. The van der Waals surface area contributed by atoms with Crippen molar-refractivity contribution in [2.24, 2.45) is 5.92 Å². The molecule has 1 aromatic heterocycles. The smallest absolute Gasteiger partial charge is 0.246 e. The van der Waals surface area contributed by atoms with Crippen LogP contribution >= 0.6 is 0 Å². The molecule has 1 aliphatic carbocycles. The normalized spacial score (nSPS) is 21.5. The molecule has 2 aliphatic heterocycles. The van der Waals surface area contributed by atoms with E-state index in [1.54, 1.807) is 25.5 Å². The zero-order chi connectivity index (χ0) is 25.9. The number of amides is 2. The number of benzene rings is 1. The number of halogens is 1. The number of rotatable bonds is 7. The van der Waals surface area contributed by atoms with Crippen LogP contribution in [-0.2, 0) is 16.0 Å². The van der Waals surface area contributed by atoms with Crippen LogP contribution in [0.2, 0.25) is 0 Å². The number of carbonyl (C=O) groups is 2. The summed E-state index contributed by atoms with van der Waals surface area (Å²) < 4.78 is 13.7. The van der Waals surface area contributed by atoms with Gasteiger partial charge in [-0.15, -0.1) is 0 Å². The molecule has 1 aromatic carbocycles. The second-order valence-electron chi connectivity index (χ2n) is 10.6. The van der Waals surface area contributed by atoms with Gasteiger partial charge in [-0.3, -0.25) is 9.59 Å². The monoisotopic (exact) mass is 508 g/mol. The number of carbonyl (C=O) groups excluding carboxylic acids is 2. The van der Waals surface area contributed by atoms with Crippen molar-refractivity contribution < 1.29 is 14.0 Å². The molecule has 2 unspecified atom stereocenters. The van der Waals surface area contributed by atoms with Gasteiger partial charge >= 0.3 is 0 Å². The molecule has 1 saturated heterocycles. The molecule has 0 spiro atoms. The van der Waals surface area contributed by atoms with Gasteiger partial charge in [0.25, 0.3) is 0 Å². The molecule has 37 heavy (non-hydrogen) atoms. The Morgan fingerprint density at radius 2 is 1.86 bits per heavy atom.